The summed E-state index contributed by atoms with van der Waals surface area (Å²) < 4.78 is 33.3. The van der Waals surface area contributed by atoms with Crippen LogP contribution in [0, 0.1) is 0 Å². The molecular weight excluding hydrogens is 624 g/mol. The van der Waals surface area contributed by atoms with Crippen LogP contribution in [0.4, 0.5) is 0 Å². The second-order valence-corrected chi connectivity index (χ2v) is 12.2. The van der Waals surface area contributed by atoms with Gasteiger partial charge in [-0.3, -0.25) is 0 Å². The van der Waals surface area contributed by atoms with Crippen molar-refractivity contribution in [2.75, 3.05) is 32.2 Å². The third-order valence-corrected chi connectivity index (χ3v) is 9.01. The smallest absolute Gasteiger partial charge is 0.187 e. The van der Waals surface area contributed by atoms with E-state index in [1.54, 1.807) is 11.8 Å². The third-order valence-electron chi connectivity index (χ3n) is 7.90. The fourth-order valence-electron chi connectivity index (χ4n) is 5.31. The van der Waals surface area contributed by atoms with Crippen LogP contribution >= 0.6 is 11.8 Å². The summed E-state index contributed by atoms with van der Waals surface area (Å²) in [6, 6.07) is 9.94. The molecule has 45 heavy (non-hydrogen) atoms. The number of benzene rings is 1. The van der Waals surface area contributed by atoms with Crippen molar-refractivity contribution in [1.82, 2.24) is 0 Å². The first-order chi connectivity index (χ1) is 21.6. The Bertz CT molecular complexity index is 991. The van der Waals surface area contributed by atoms with E-state index in [4.69, 9.17) is 28.4 Å². The van der Waals surface area contributed by atoms with Gasteiger partial charge in [-0.2, -0.15) is 11.8 Å². The molecule has 3 heterocycles. The van der Waals surface area contributed by atoms with Crippen LogP contribution < -0.4 is 0 Å². The number of ether oxygens (including phenoxy) is 6. The molecule has 0 saturated carbocycles. The number of hydrogen-bond donors (Lipinski definition) is 10. The summed E-state index contributed by atoms with van der Waals surface area (Å²) in [5.41, 5.74) is 1.19. The van der Waals surface area contributed by atoms with Gasteiger partial charge in [0.05, 0.1) is 26.4 Å². The molecule has 4 rings (SSSR count). The number of aliphatic hydroxyl groups is 10. The van der Waals surface area contributed by atoms with E-state index in [2.05, 4.69) is 0 Å². The van der Waals surface area contributed by atoms with Crippen molar-refractivity contribution < 1.29 is 79.5 Å². The zero-order valence-corrected chi connectivity index (χ0v) is 25.1. The highest BCUT2D eigenvalue weighted by Crippen LogP contribution is 2.32. The zero-order valence-electron chi connectivity index (χ0n) is 24.3. The van der Waals surface area contributed by atoms with E-state index in [-0.39, 0.29) is 6.61 Å². The maximum Gasteiger partial charge on any atom is 0.187 e. The third kappa shape index (κ3) is 8.89. The van der Waals surface area contributed by atoms with Gasteiger partial charge in [0, 0.05) is 5.75 Å². The fourth-order valence-corrected chi connectivity index (χ4v) is 6.20. The van der Waals surface area contributed by atoms with Crippen molar-refractivity contribution in [2.45, 2.75) is 104 Å². The van der Waals surface area contributed by atoms with Gasteiger partial charge in [0.1, 0.15) is 73.2 Å². The van der Waals surface area contributed by atoms with Crippen LogP contribution in [-0.2, 0) is 34.2 Å². The van der Waals surface area contributed by atoms with Crippen LogP contribution in [0.3, 0.4) is 0 Å². The minimum atomic E-state index is -1.89. The molecule has 0 aromatic heterocycles. The molecule has 0 amide bonds. The molecule has 0 radical (unpaired) electrons. The zero-order chi connectivity index (χ0) is 32.7. The van der Waals surface area contributed by atoms with E-state index in [1.165, 1.54) is 5.56 Å². The lowest BCUT2D eigenvalue weighted by Gasteiger charge is -2.48. The highest BCUT2D eigenvalue weighted by molar-refractivity contribution is 7.98. The lowest BCUT2D eigenvalue weighted by Crippen LogP contribution is -2.66. The predicted octanol–water partition coefficient (Wildman–Crippen LogP) is -4.23. The summed E-state index contributed by atoms with van der Waals surface area (Å²) in [5, 5.41) is 103. The van der Waals surface area contributed by atoms with Crippen LogP contribution in [0.2, 0.25) is 0 Å². The number of aliphatic hydroxyl groups excluding tert-OH is 10. The molecule has 1 aromatic rings. The van der Waals surface area contributed by atoms with Crippen LogP contribution in [0.5, 0.6) is 0 Å². The quantitative estimate of drug-likeness (QED) is 0.0843. The SMILES string of the molecule is OC[C@H]1O[C@@H](O[C@@H]2[C@H](O)[C@@H](O)[C@H](O[C@H]3[C@H](O)[C@@H](O)[C@H](OCCCSCc4ccccc4)O[C@@H]3CO)O[C@@H]2CO)[C@H](O)[C@@H](O)[C@H]1O. The van der Waals surface area contributed by atoms with E-state index in [0.29, 0.717) is 6.42 Å². The Morgan fingerprint density at radius 2 is 1.07 bits per heavy atom. The molecule has 0 aliphatic carbocycles. The molecule has 0 spiro atoms. The second kappa shape index (κ2) is 17.4. The molecule has 17 heteroatoms. The molecule has 3 aliphatic rings. The van der Waals surface area contributed by atoms with Gasteiger partial charge in [-0.25, -0.2) is 0 Å². The Labute approximate surface area is 263 Å². The lowest BCUT2D eigenvalue weighted by atomic mass is 9.96. The molecule has 3 saturated heterocycles. The van der Waals surface area contributed by atoms with Gasteiger partial charge in [-0.1, -0.05) is 30.3 Å². The summed E-state index contributed by atoms with van der Waals surface area (Å²) in [5.74, 6) is 1.59. The summed E-state index contributed by atoms with van der Waals surface area (Å²) in [4.78, 5) is 0. The molecule has 3 fully saturated rings. The highest BCUT2D eigenvalue weighted by Gasteiger charge is 2.53. The first-order valence-corrected chi connectivity index (χ1v) is 15.9. The van der Waals surface area contributed by atoms with E-state index in [0.717, 1.165) is 11.5 Å². The summed E-state index contributed by atoms with van der Waals surface area (Å²) >= 11 is 1.70. The molecular formula is C28H44O16S. The van der Waals surface area contributed by atoms with Gasteiger partial charge in [0.2, 0.25) is 0 Å². The largest absolute Gasteiger partial charge is 0.394 e. The van der Waals surface area contributed by atoms with Crippen LogP contribution in [0.15, 0.2) is 30.3 Å². The minimum absolute atomic E-state index is 0.199. The lowest BCUT2D eigenvalue weighted by molar-refractivity contribution is -0.379. The standard InChI is InChI=1S/C28H44O16S/c29-9-14-17(32)18(33)21(36)27(40-14)43-25-16(11-31)42-28(23(38)20(25)35)44-24-15(10-30)41-26(22(37)19(24)34)39-7-4-8-45-12-13-5-2-1-3-6-13/h1-3,5-6,14-38H,4,7-12H2/t14-,15-,16-,17+,18+,19-,20-,21-,22-,23-,24-,25+,26-,27+,28+/m1/s1. The van der Waals surface area contributed by atoms with Gasteiger partial charge in [0.15, 0.2) is 18.9 Å². The number of rotatable bonds is 14. The molecule has 15 atom stereocenters. The normalized spacial score (nSPS) is 42.5. The summed E-state index contributed by atoms with van der Waals surface area (Å²) in [6.45, 7) is -2.02. The fraction of sp³-hybridized carbons (Fsp3) is 0.786. The summed E-state index contributed by atoms with van der Waals surface area (Å²) in [6.07, 6.45) is -23.4. The van der Waals surface area contributed by atoms with Crippen molar-refractivity contribution in [2.24, 2.45) is 0 Å². The van der Waals surface area contributed by atoms with Crippen molar-refractivity contribution in [3.8, 4) is 0 Å². The molecule has 0 unspecified atom stereocenters. The molecule has 0 bridgehead atoms. The van der Waals surface area contributed by atoms with E-state index in [1.807, 2.05) is 30.3 Å². The maximum absolute atomic E-state index is 10.8. The molecule has 258 valence electrons. The van der Waals surface area contributed by atoms with Crippen molar-refractivity contribution in [3.63, 3.8) is 0 Å². The van der Waals surface area contributed by atoms with E-state index >= 15 is 0 Å². The molecule has 1 aromatic carbocycles. The van der Waals surface area contributed by atoms with Crippen LogP contribution in [0.25, 0.3) is 0 Å². The topological polar surface area (TPSA) is 258 Å². The number of hydrogen-bond acceptors (Lipinski definition) is 17. The van der Waals surface area contributed by atoms with Gasteiger partial charge >= 0.3 is 0 Å². The highest BCUT2D eigenvalue weighted by atomic mass is 32.2. The van der Waals surface area contributed by atoms with Crippen LogP contribution in [-0.4, -0.2) is 175 Å². The molecule has 3 aliphatic heterocycles. The van der Waals surface area contributed by atoms with Crippen molar-refractivity contribution in [1.29, 1.82) is 0 Å². The molecule has 10 N–H and O–H groups in total. The average Bonchev–Trinajstić information content (AvgIpc) is 3.05. The van der Waals surface area contributed by atoms with Crippen molar-refractivity contribution >= 4 is 11.8 Å². The Kier molecular flexibility index (Phi) is 14.2. The average molecular weight is 669 g/mol. The van der Waals surface area contributed by atoms with Gasteiger partial charge in [-0.15, -0.1) is 0 Å². The molecule has 16 nitrogen and oxygen atoms in total. The Hall–Kier alpha value is -1.07. The maximum atomic E-state index is 10.8. The Morgan fingerprint density at radius 3 is 1.62 bits per heavy atom. The minimum Gasteiger partial charge on any atom is -0.394 e. The van der Waals surface area contributed by atoms with E-state index in [9.17, 15) is 51.1 Å². The predicted molar refractivity (Wildman–Crippen MR) is 152 cm³/mol. The Morgan fingerprint density at radius 1 is 0.578 bits per heavy atom. The van der Waals surface area contributed by atoms with Crippen LogP contribution in [0.1, 0.15) is 12.0 Å². The second-order valence-electron chi connectivity index (χ2n) is 11.1. The van der Waals surface area contributed by atoms with Gasteiger partial charge in [-0.05, 0) is 17.7 Å². The van der Waals surface area contributed by atoms with E-state index < -0.39 is 112 Å². The van der Waals surface area contributed by atoms with Gasteiger partial charge < -0.3 is 79.5 Å². The first kappa shape index (κ1) is 36.8. The Balaban J connectivity index is 1.30. The van der Waals surface area contributed by atoms with Crippen molar-refractivity contribution in [3.05, 3.63) is 35.9 Å². The summed E-state index contributed by atoms with van der Waals surface area (Å²) in [7, 11) is 0. The first-order valence-electron chi connectivity index (χ1n) is 14.7. The van der Waals surface area contributed by atoms with Gasteiger partial charge in [0.25, 0.3) is 0 Å². The number of thioether (sulfide) groups is 1. The monoisotopic (exact) mass is 668 g/mol.